The fraction of sp³-hybridized carbons (Fsp3) is 0.188. The molecule has 0 aliphatic carbocycles. The third kappa shape index (κ3) is 2.53. The second kappa shape index (κ2) is 5.58. The van der Waals surface area contributed by atoms with Crippen molar-refractivity contribution in [3.63, 3.8) is 0 Å². The lowest BCUT2D eigenvalue weighted by Gasteiger charge is -2.09. The number of amides is 1. The molecule has 0 saturated heterocycles. The van der Waals surface area contributed by atoms with Crippen molar-refractivity contribution in [1.29, 1.82) is 0 Å². The van der Waals surface area contributed by atoms with Crippen molar-refractivity contribution in [2.75, 3.05) is 11.1 Å². The Morgan fingerprint density at radius 1 is 1.39 bits per heavy atom. The van der Waals surface area contributed by atoms with Gasteiger partial charge in [0.25, 0.3) is 5.91 Å². The predicted octanol–water partition coefficient (Wildman–Crippen LogP) is 3.20. The highest BCUT2D eigenvalue weighted by molar-refractivity contribution is 7.99. The zero-order valence-electron chi connectivity index (χ0n) is 12.4. The lowest BCUT2D eigenvalue weighted by molar-refractivity contribution is 0.102. The molecular weight excluding hydrogens is 312 g/mol. The monoisotopic (exact) mass is 326 g/mol. The average molecular weight is 326 g/mol. The normalized spacial score (nSPS) is 13.1. The Morgan fingerprint density at radius 3 is 3.04 bits per heavy atom. The van der Waals surface area contributed by atoms with Crippen LogP contribution in [0.5, 0.6) is 0 Å². The van der Waals surface area contributed by atoms with Crippen LogP contribution in [0.2, 0.25) is 0 Å². The first-order valence-corrected chi connectivity index (χ1v) is 8.23. The summed E-state index contributed by atoms with van der Waals surface area (Å²) >= 11 is 1.75. The van der Waals surface area contributed by atoms with Gasteiger partial charge in [0.05, 0.1) is 17.6 Å². The minimum atomic E-state index is -0.239. The molecule has 3 heterocycles. The van der Waals surface area contributed by atoms with Crippen molar-refractivity contribution in [2.45, 2.75) is 18.6 Å². The van der Waals surface area contributed by atoms with Crippen molar-refractivity contribution in [1.82, 2.24) is 14.7 Å². The van der Waals surface area contributed by atoms with Gasteiger partial charge >= 0.3 is 0 Å². The molecule has 4 rings (SSSR count). The molecule has 7 heteroatoms. The first kappa shape index (κ1) is 14.1. The second-order valence-corrected chi connectivity index (χ2v) is 6.31. The van der Waals surface area contributed by atoms with Crippen molar-refractivity contribution < 1.29 is 9.32 Å². The van der Waals surface area contributed by atoms with Gasteiger partial charge in [0.1, 0.15) is 11.3 Å². The maximum atomic E-state index is 12.4. The summed E-state index contributed by atoms with van der Waals surface area (Å²) in [5.41, 5.74) is 2.92. The lowest BCUT2D eigenvalue weighted by Crippen LogP contribution is -2.12. The summed E-state index contributed by atoms with van der Waals surface area (Å²) in [6, 6.07) is 7.65. The number of hydrogen-bond acceptors (Lipinski definition) is 5. The van der Waals surface area contributed by atoms with E-state index in [0.29, 0.717) is 11.3 Å². The van der Waals surface area contributed by atoms with E-state index in [4.69, 9.17) is 4.52 Å². The SMILES string of the molecule is Cc1oncc1C(=O)Nc1ccccc1-c1cn2c(n1)SCC2. The number of carbonyl (C=O) groups is 1. The average Bonchev–Trinajstić information content (AvgIpc) is 3.23. The number of aryl methyl sites for hydroxylation is 2. The number of carbonyl (C=O) groups excluding carboxylic acids is 1. The summed E-state index contributed by atoms with van der Waals surface area (Å²) in [6.07, 6.45) is 3.46. The smallest absolute Gasteiger partial charge is 0.260 e. The number of nitrogens with one attached hydrogen (secondary N) is 1. The number of aromatic nitrogens is 3. The Bertz CT molecular complexity index is 862. The second-order valence-electron chi connectivity index (χ2n) is 5.25. The van der Waals surface area contributed by atoms with E-state index in [-0.39, 0.29) is 5.91 Å². The first-order valence-electron chi connectivity index (χ1n) is 7.24. The van der Waals surface area contributed by atoms with Crippen molar-refractivity contribution >= 4 is 23.4 Å². The number of fused-ring (bicyclic) bond motifs is 1. The summed E-state index contributed by atoms with van der Waals surface area (Å²) in [4.78, 5) is 17.0. The molecule has 1 aliphatic rings. The Labute approximate surface area is 136 Å². The molecule has 1 N–H and O–H groups in total. The van der Waals surface area contributed by atoms with E-state index in [1.807, 2.05) is 30.5 Å². The van der Waals surface area contributed by atoms with Gasteiger partial charge in [0.2, 0.25) is 0 Å². The first-order chi connectivity index (χ1) is 11.2. The van der Waals surface area contributed by atoms with Crippen molar-refractivity contribution in [3.05, 3.63) is 48.0 Å². The summed E-state index contributed by atoms with van der Waals surface area (Å²) in [5, 5.41) is 7.59. The maximum absolute atomic E-state index is 12.4. The van der Waals surface area contributed by atoms with Gasteiger partial charge < -0.3 is 14.4 Å². The summed E-state index contributed by atoms with van der Waals surface area (Å²) in [6.45, 7) is 2.69. The summed E-state index contributed by atoms with van der Waals surface area (Å²) < 4.78 is 7.09. The topological polar surface area (TPSA) is 73.0 Å². The standard InChI is InChI=1S/C16H14N4O2S/c1-10-12(8-17-22-10)15(21)18-13-5-3-2-4-11(13)14-9-20-6-7-23-16(20)19-14/h2-5,8-9H,6-7H2,1H3,(H,18,21). The van der Waals surface area contributed by atoms with Gasteiger partial charge in [0, 0.05) is 24.1 Å². The molecule has 0 bridgehead atoms. The fourth-order valence-electron chi connectivity index (χ4n) is 2.56. The Balaban J connectivity index is 1.67. The fourth-order valence-corrected chi connectivity index (χ4v) is 3.50. The number of nitrogens with zero attached hydrogens (tertiary/aromatic N) is 3. The van der Waals surface area contributed by atoms with Gasteiger partial charge in [-0.2, -0.15) is 0 Å². The molecule has 0 radical (unpaired) electrons. The number of hydrogen-bond donors (Lipinski definition) is 1. The lowest BCUT2D eigenvalue weighted by atomic mass is 10.1. The molecule has 23 heavy (non-hydrogen) atoms. The number of para-hydroxylation sites is 1. The molecule has 6 nitrogen and oxygen atoms in total. The molecule has 3 aromatic rings. The highest BCUT2D eigenvalue weighted by atomic mass is 32.2. The Morgan fingerprint density at radius 2 is 2.26 bits per heavy atom. The number of imidazole rings is 1. The van der Waals surface area contributed by atoms with Crippen LogP contribution >= 0.6 is 11.8 Å². The highest BCUT2D eigenvalue weighted by Crippen LogP contribution is 2.32. The third-order valence-corrected chi connectivity index (χ3v) is 4.72. The van der Waals surface area contributed by atoms with E-state index in [1.54, 1.807) is 18.7 Å². The summed E-state index contributed by atoms with van der Waals surface area (Å²) in [7, 11) is 0. The zero-order chi connectivity index (χ0) is 15.8. The number of benzene rings is 1. The summed E-state index contributed by atoms with van der Waals surface area (Å²) in [5.74, 6) is 1.32. The molecule has 0 fully saturated rings. The number of rotatable bonds is 3. The van der Waals surface area contributed by atoms with Crippen LogP contribution in [0.1, 0.15) is 16.1 Å². The van der Waals surface area contributed by atoms with Gasteiger partial charge in [0.15, 0.2) is 5.16 Å². The predicted molar refractivity (Wildman–Crippen MR) is 87.6 cm³/mol. The molecule has 1 aromatic carbocycles. The molecule has 0 spiro atoms. The minimum Gasteiger partial charge on any atom is -0.361 e. The third-order valence-electron chi connectivity index (χ3n) is 3.75. The van der Waals surface area contributed by atoms with E-state index < -0.39 is 0 Å². The Hall–Kier alpha value is -2.54. The maximum Gasteiger partial charge on any atom is 0.260 e. The molecule has 0 unspecified atom stereocenters. The van der Waals surface area contributed by atoms with Crippen LogP contribution in [-0.4, -0.2) is 26.4 Å². The zero-order valence-corrected chi connectivity index (χ0v) is 13.3. The van der Waals surface area contributed by atoms with Crippen molar-refractivity contribution in [3.8, 4) is 11.3 Å². The van der Waals surface area contributed by atoms with Crippen LogP contribution in [-0.2, 0) is 6.54 Å². The van der Waals surface area contributed by atoms with E-state index in [2.05, 4.69) is 20.0 Å². The quantitative estimate of drug-likeness (QED) is 0.800. The molecule has 1 aliphatic heterocycles. The van der Waals surface area contributed by atoms with Gasteiger partial charge in [-0.05, 0) is 13.0 Å². The molecule has 1 amide bonds. The molecule has 0 atom stereocenters. The van der Waals surface area contributed by atoms with Crippen molar-refractivity contribution in [2.24, 2.45) is 0 Å². The number of thioether (sulfide) groups is 1. The van der Waals surface area contributed by atoms with Crippen LogP contribution in [0.3, 0.4) is 0 Å². The van der Waals surface area contributed by atoms with Gasteiger partial charge in [-0.25, -0.2) is 4.98 Å². The van der Waals surface area contributed by atoms with E-state index in [0.717, 1.165) is 34.4 Å². The molecule has 2 aromatic heterocycles. The Kier molecular flexibility index (Phi) is 3.42. The van der Waals surface area contributed by atoms with Gasteiger partial charge in [-0.3, -0.25) is 4.79 Å². The van der Waals surface area contributed by atoms with Crippen LogP contribution in [0, 0.1) is 6.92 Å². The largest absolute Gasteiger partial charge is 0.361 e. The van der Waals surface area contributed by atoms with E-state index in [1.165, 1.54) is 6.20 Å². The number of anilines is 1. The van der Waals surface area contributed by atoms with E-state index in [9.17, 15) is 4.79 Å². The van der Waals surface area contributed by atoms with Crippen LogP contribution in [0.4, 0.5) is 5.69 Å². The van der Waals surface area contributed by atoms with Crippen LogP contribution < -0.4 is 5.32 Å². The van der Waals surface area contributed by atoms with Gasteiger partial charge in [-0.15, -0.1) is 0 Å². The van der Waals surface area contributed by atoms with Gasteiger partial charge in [-0.1, -0.05) is 35.1 Å². The highest BCUT2D eigenvalue weighted by Gasteiger charge is 2.19. The van der Waals surface area contributed by atoms with E-state index >= 15 is 0 Å². The van der Waals surface area contributed by atoms with Crippen LogP contribution in [0.15, 0.2) is 46.3 Å². The molecular formula is C16H14N4O2S. The molecule has 0 saturated carbocycles. The van der Waals surface area contributed by atoms with Crippen LogP contribution in [0.25, 0.3) is 11.3 Å². The molecule has 116 valence electrons. The minimum absolute atomic E-state index is 0.239.